The summed E-state index contributed by atoms with van der Waals surface area (Å²) in [4.78, 5) is 11.8. The Morgan fingerprint density at radius 1 is 1.14 bits per heavy atom. The van der Waals surface area contributed by atoms with Crippen molar-refractivity contribution in [3.05, 3.63) is 65.5 Å². The first-order valence-corrected chi connectivity index (χ1v) is 6.87. The van der Waals surface area contributed by atoms with Gasteiger partial charge in [0.05, 0.1) is 13.2 Å². The maximum Gasteiger partial charge on any atom is 0.221 e. The van der Waals surface area contributed by atoms with E-state index in [1.807, 2.05) is 36.4 Å². The Morgan fingerprint density at radius 2 is 1.90 bits per heavy atom. The van der Waals surface area contributed by atoms with Gasteiger partial charge < -0.3 is 10.1 Å². The molecule has 1 saturated heterocycles. The maximum atomic E-state index is 13.9. The maximum absolute atomic E-state index is 13.9. The van der Waals surface area contributed by atoms with Crippen LogP contribution in [0.1, 0.15) is 29.5 Å². The molecule has 1 aliphatic rings. The first-order valence-electron chi connectivity index (χ1n) is 6.87. The highest BCUT2D eigenvalue weighted by Gasteiger charge is 2.34. The molecule has 0 aromatic heterocycles. The van der Waals surface area contributed by atoms with Crippen molar-refractivity contribution in [2.24, 2.45) is 0 Å². The Morgan fingerprint density at radius 3 is 2.57 bits per heavy atom. The third-order valence-corrected chi connectivity index (χ3v) is 3.89. The van der Waals surface area contributed by atoms with E-state index in [4.69, 9.17) is 4.74 Å². The number of benzene rings is 2. The highest BCUT2D eigenvalue weighted by Crippen LogP contribution is 2.39. The molecule has 1 N–H and O–H groups in total. The number of methoxy groups -OCH3 is 1. The van der Waals surface area contributed by atoms with E-state index in [1.165, 1.54) is 13.2 Å². The summed E-state index contributed by atoms with van der Waals surface area (Å²) in [7, 11) is 1.44. The van der Waals surface area contributed by atoms with Crippen molar-refractivity contribution < 1.29 is 13.9 Å². The largest absolute Gasteiger partial charge is 0.494 e. The van der Waals surface area contributed by atoms with Gasteiger partial charge in [0.1, 0.15) is 0 Å². The van der Waals surface area contributed by atoms with Gasteiger partial charge in [0.2, 0.25) is 5.91 Å². The van der Waals surface area contributed by atoms with Gasteiger partial charge in [0.15, 0.2) is 11.6 Å². The lowest BCUT2D eigenvalue weighted by Crippen LogP contribution is -2.20. The second-order valence-electron chi connectivity index (χ2n) is 5.16. The van der Waals surface area contributed by atoms with Crippen LogP contribution in [0.3, 0.4) is 0 Å². The number of hydrogen-bond donors (Lipinski definition) is 1. The van der Waals surface area contributed by atoms with Gasteiger partial charge in [-0.25, -0.2) is 4.39 Å². The molecule has 3 nitrogen and oxygen atoms in total. The number of carbonyl (C=O) groups is 1. The fourth-order valence-electron chi connectivity index (χ4n) is 2.85. The van der Waals surface area contributed by atoms with Crippen LogP contribution in [0.5, 0.6) is 5.75 Å². The van der Waals surface area contributed by atoms with Crippen molar-refractivity contribution in [1.29, 1.82) is 0 Å². The van der Waals surface area contributed by atoms with Gasteiger partial charge in [-0.15, -0.1) is 0 Å². The van der Waals surface area contributed by atoms with Crippen LogP contribution in [0.4, 0.5) is 4.39 Å². The van der Waals surface area contributed by atoms with Gasteiger partial charge in [-0.05, 0) is 23.3 Å². The summed E-state index contributed by atoms with van der Waals surface area (Å²) in [6.45, 7) is 0. The van der Waals surface area contributed by atoms with Crippen molar-refractivity contribution in [2.45, 2.75) is 18.4 Å². The predicted octanol–water partition coefficient (Wildman–Crippen LogP) is 3.18. The summed E-state index contributed by atoms with van der Waals surface area (Å²) in [5, 5.41) is 2.97. The standard InChI is InChI=1S/C17H16FNO2/c1-21-15-8-7-12(9-14(15)18)13-10-16(20)19-17(13)11-5-3-2-4-6-11/h2-9,13,17H,10H2,1H3,(H,19,20). The summed E-state index contributed by atoms with van der Waals surface area (Å²) in [6.07, 6.45) is 0.366. The monoisotopic (exact) mass is 285 g/mol. The minimum Gasteiger partial charge on any atom is -0.494 e. The van der Waals surface area contributed by atoms with Gasteiger partial charge in [0.25, 0.3) is 0 Å². The Kier molecular flexibility index (Phi) is 3.60. The minimum atomic E-state index is -0.402. The van der Waals surface area contributed by atoms with Gasteiger partial charge in [-0.1, -0.05) is 36.4 Å². The Balaban J connectivity index is 1.96. The van der Waals surface area contributed by atoms with E-state index in [0.717, 1.165) is 11.1 Å². The second-order valence-corrected chi connectivity index (χ2v) is 5.16. The van der Waals surface area contributed by atoms with Crippen LogP contribution in [0.2, 0.25) is 0 Å². The Hall–Kier alpha value is -2.36. The van der Waals surface area contributed by atoms with Crippen LogP contribution in [-0.4, -0.2) is 13.0 Å². The zero-order valence-corrected chi connectivity index (χ0v) is 11.7. The Bertz CT molecular complexity index is 657. The normalized spacial score (nSPS) is 21.1. The van der Waals surface area contributed by atoms with Crippen LogP contribution >= 0.6 is 0 Å². The SMILES string of the molecule is COc1ccc(C2CC(=O)NC2c2ccccc2)cc1F. The van der Waals surface area contributed by atoms with Crippen molar-refractivity contribution >= 4 is 5.91 Å². The minimum absolute atomic E-state index is 0.00919. The van der Waals surface area contributed by atoms with Crippen LogP contribution in [0.25, 0.3) is 0 Å². The van der Waals surface area contributed by atoms with Crippen LogP contribution in [-0.2, 0) is 4.79 Å². The van der Waals surface area contributed by atoms with E-state index in [-0.39, 0.29) is 23.6 Å². The van der Waals surface area contributed by atoms with Gasteiger partial charge in [-0.3, -0.25) is 4.79 Å². The smallest absolute Gasteiger partial charge is 0.221 e. The number of halogens is 1. The van der Waals surface area contributed by atoms with E-state index in [1.54, 1.807) is 6.07 Å². The number of nitrogens with one attached hydrogen (secondary N) is 1. The highest BCUT2D eigenvalue weighted by molar-refractivity contribution is 5.80. The number of rotatable bonds is 3. The van der Waals surface area contributed by atoms with Crippen LogP contribution in [0, 0.1) is 5.82 Å². The molecule has 1 amide bonds. The molecule has 0 radical (unpaired) electrons. The molecule has 1 aliphatic heterocycles. The molecule has 0 aliphatic carbocycles. The van der Waals surface area contributed by atoms with E-state index < -0.39 is 5.82 Å². The molecule has 21 heavy (non-hydrogen) atoms. The molecule has 2 unspecified atom stereocenters. The summed E-state index contributed by atoms with van der Waals surface area (Å²) in [6, 6.07) is 14.5. The van der Waals surface area contributed by atoms with Crippen LogP contribution in [0.15, 0.2) is 48.5 Å². The highest BCUT2D eigenvalue weighted by atomic mass is 19.1. The van der Waals surface area contributed by atoms with Crippen molar-refractivity contribution in [3.8, 4) is 5.75 Å². The molecule has 2 aromatic rings. The van der Waals surface area contributed by atoms with E-state index in [9.17, 15) is 9.18 Å². The molecule has 2 aromatic carbocycles. The first kappa shape index (κ1) is 13.6. The number of amides is 1. The molecule has 0 spiro atoms. The molecule has 1 heterocycles. The average Bonchev–Trinajstić information content (AvgIpc) is 2.90. The molecule has 3 rings (SSSR count). The zero-order chi connectivity index (χ0) is 14.8. The Labute approximate surface area is 122 Å². The second kappa shape index (κ2) is 5.56. The lowest BCUT2D eigenvalue weighted by molar-refractivity contribution is -0.119. The topological polar surface area (TPSA) is 38.3 Å². The zero-order valence-electron chi connectivity index (χ0n) is 11.7. The fourth-order valence-corrected chi connectivity index (χ4v) is 2.85. The first-order chi connectivity index (χ1) is 10.2. The molecule has 4 heteroatoms. The van der Waals surface area contributed by atoms with Crippen molar-refractivity contribution in [2.75, 3.05) is 7.11 Å². The summed E-state index contributed by atoms with van der Waals surface area (Å²) >= 11 is 0. The summed E-state index contributed by atoms with van der Waals surface area (Å²) < 4.78 is 18.8. The van der Waals surface area contributed by atoms with E-state index in [0.29, 0.717) is 6.42 Å². The third kappa shape index (κ3) is 2.61. The van der Waals surface area contributed by atoms with Gasteiger partial charge in [-0.2, -0.15) is 0 Å². The van der Waals surface area contributed by atoms with Crippen LogP contribution < -0.4 is 10.1 Å². The molecule has 108 valence electrons. The third-order valence-electron chi connectivity index (χ3n) is 3.89. The number of hydrogen-bond acceptors (Lipinski definition) is 2. The molecule has 0 saturated carbocycles. The number of carbonyl (C=O) groups excluding carboxylic acids is 1. The molecule has 0 bridgehead atoms. The summed E-state index contributed by atoms with van der Waals surface area (Å²) in [5.41, 5.74) is 1.84. The predicted molar refractivity (Wildman–Crippen MR) is 77.6 cm³/mol. The van der Waals surface area contributed by atoms with Gasteiger partial charge in [0, 0.05) is 12.3 Å². The fraction of sp³-hybridized carbons (Fsp3) is 0.235. The lowest BCUT2D eigenvalue weighted by atomic mass is 9.88. The number of ether oxygens (including phenoxy) is 1. The van der Waals surface area contributed by atoms with Crippen molar-refractivity contribution in [1.82, 2.24) is 5.32 Å². The van der Waals surface area contributed by atoms with Crippen molar-refractivity contribution in [3.63, 3.8) is 0 Å². The quantitative estimate of drug-likeness (QED) is 0.940. The van der Waals surface area contributed by atoms with E-state index >= 15 is 0 Å². The molecule has 1 fully saturated rings. The lowest BCUT2D eigenvalue weighted by Gasteiger charge is -2.20. The summed E-state index contributed by atoms with van der Waals surface area (Å²) in [5.74, 6) is -0.265. The molecular weight excluding hydrogens is 269 g/mol. The van der Waals surface area contributed by atoms with Gasteiger partial charge >= 0.3 is 0 Å². The molecular formula is C17H16FNO2. The average molecular weight is 285 g/mol. The molecule has 2 atom stereocenters. The van der Waals surface area contributed by atoms with E-state index in [2.05, 4.69) is 5.32 Å².